The second kappa shape index (κ2) is 8.77. The van der Waals surface area contributed by atoms with Crippen molar-refractivity contribution in [1.82, 2.24) is 0 Å². The SMILES string of the molecule is CC1=Cc2ccccc2[CH]1[Zr][CH]1C(C)=Cc2ccccc21.[Cl][Zr][Cl]. The van der Waals surface area contributed by atoms with Crippen LogP contribution in [0.5, 0.6) is 0 Å². The number of benzene rings is 2. The minimum atomic E-state index is -0.826. The van der Waals surface area contributed by atoms with Crippen molar-refractivity contribution in [3.05, 3.63) is 81.9 Å². The Kier molecular flexibility index (Phi) is 6.96. The van der Waals surface area contributed by atoms with Gasteiger partial charge in [0, 0.05) is 0 Å². The zero-order valence-corrected chi connectivity index (χ0v) is 20.1. The third-order valence-corrected chi connectivity index (χ3v) is 10.0. The molecule has 0 aliphatic heterocycles. The van der Waals surface area contributed by atoms with Crippen molar-refractivity contribution in [3.8, 4) is 0 Å². The monoisotopic (exact) mass is 508 g/mol. The van der Waals surface area contributed by atoms with Gasteiger partial charge in [0.25, 0.3) is 0 Å². The summed E-state index contributed by atoms with van der Waals surface area (Å²) in [4.78, 5) is 0. The summed E-state index contributed by atoms with van der Waals surface area (Å²) >= 11 is -1.44. The molecule has 2 aromatic rings. The van der Waals surface area contributed by atoms with Gasteiger partial charge in [0.1, 0.15) is 0 Å². The Bertz CT molecular complexity index is 730. The van der Waals surface area contributed by atoms with E-state index in [-0.39, 0.29) is 0 Å². The Balaban J connectivity index is 0.000000526. The molecule has 0 spiro atoms. The van der Waals surface area contributed by atoms with E-state index in [1.807, 2.05) is 0 Å². The molecule has 2 unspecified atom stereocenters. The molecular weight excluding hydrogens is 494 g/mol. The first kappa shape index (κ1) is 19.0. The zero-order valence-electron chi connectivity index (χ0n) is 13.7. The average molecular weight is 512 g/mol. The summed E-state index contributed by atoms with van der Waals surface area (Å²) in [6, 6.07) is 17.9. The Morgan fingerprint density at radius 1 is 0.708 bits per heavy atom. The van der Waals surface area contributed by atoms with Crippen LogP contribution in [0.4, 0.5) is 0 Å². The van der Waals surface area contributed by atoms with E-state index in [2.05, 4.69) is 74.5 Å². The Morgan fingerprint density at radius 2 is 1.08 bits per heavy atom. The number of hydrogen-bond acceptors (Lipinski definition) is 0. The quantitative estimate of drug-likeness (QED) is 0.418. The molecule has 0 aromatic heterocycles. The normalized spacial score (nSPS) is 20.2. The van der Waals surface area contributed by atoms with E-state index in [0.29, 0.717) is 0 Å². The van der Waals surface area contributed by atoms with E-state index in [4.69, 9.17) is 17.0 Å². The van der Waals surface area contributed by atoms with Crippen LogP contribution >= 0.6 is 17.0 Å². The molecule has 2 aliphatic rings. The summed E-state index contributed by atoms with van der Waals surface area (Å²) in [5.74, 6) is 0. The number of hydrogen-bond donors (Lipinski definition) is 0. The molecule has 4 rings (SSSR count). The van der Waals surface area contributed by atoms with E-state index < -0.39 is 44.1 Å². The van der Waals surface area contributed by atoms with Crippen molar-refractivity contribution in [3.63, 3.8) is 0 Å². The van der Waals surface area contributed by atoms with Crippen molar-refractivity contribution < 1.29 is 44.1 Å². The van der Waals surface area contributed by atoms with E-state index >= 15 is 0 Å². The van der Waals surface area contributed by atoms with E-state index in [1.165, 1.54) is 11.1 Å². The van der Waals surface area contributed by atoms with Gasteiger partial charge < -0.3 is 0 Å². The standard InChI is InChI=1S/2C10H9.2ClH.2Zr/c2*1-8-6-9-4-2-3-5-10(9)7-8;;;;/h2*2-7H,1H3;2*1H;;/q;;;;;+2/p-2. The molecule has 0 saturated heterocycles. The van der Waals surface area contributed by atoms with Crippen molar-refractivity contribution in [2.45, 2.75) is 21.1 Å². The van der Waals surface area contributed by atoms with Gasteiger partial charge in [-0.1, -0.05) is 0 Å². The first-order valence-electron chi connectivity index (χ1n) is 7.92. The predicted octanol–water partition coefficient (Wildman–Crippen LogP) is 6.76. The van der Waals surface area contributed by atoms with E-state index in [0.717, 1.165) is 7.25 Å². The molecular formula is C20H18Cl2Zr2. The fourth-order valence-corrected chi connectivity index (χ4v) is 8.26. The van der Waals surface area contributed by atoms with Crippen LogP contribution in [0.2, 0.25) is 0 Å². The van der Waals surface area contributed by atoms with Gasteiger partial charge in [-0.2, -0.15) is 0 Å². The molecule has 0 nitrogen and oxygen atoms in total. The molecule has 0 N–H and O–H groups in total. The first-order chi connectivity index (χ1) is 11.7. The Labute approximate surface area is 174 Å². The van der Waals surface area contributed by atoms with Crippen LogP contribution in [-0.2, 0) is 44.1 Å². The maximum absolute atomic E-state index is 4.93. The van der Waals surface area contributed by atoms with Crippen LogP contribution in [0, 0.1) is 0 Å². The number of allylic oxidation sites excluding steroid dienone is 2. The summed E-state index contributed by atoms with van der Waals surface area (Å²) in [6.45, 7) is 4.65. The second-order valence-corrected chi connectivity index (χ2v) is 13.5. The second-order valence-electron chi connectivity index (χ2n) is 6.14. The summed E-state index contributed by atoms with van der Waals surface area (Å²) in [7, 11) is 9.87. The molecule has 0 bridgehead atoms. The maximum atomic E-state index is 4.93. The summed E-state index contributed by atoms with van der Waals surface area (Å²) in [5, 5.41) is 0. The van der Waals surface area contributed by atoms with Crippen LogP contribution in [0.1, 0.15) is 43.4 Å². The number of fused-ring (bicyclic) bond motifs is 2. The van der Waals surface area contributed by atoms with Crippen LogP contribution in [0.15, 0.2) is 59.7 Å². The molecule has 0 fully saturated rings. The van der Waals surface area contributed by atoms with Crippen molar-refractivity contribution in [1.29, 1.82) is 0 Å². The molecule has 4 heteroatoms. The first-order valence-corrected chi connectivity index (χ1v) is 17.1. The molecule has 2 aromatic carbocycles. The summed E-state index contributed by atoms with van der Waals surface area (Å²) in [5.41, 5.74) is 9.24. The van der Waals surface area contributed by atoms with E-state index in [1.54, 1.807) is 22.3 Å². The van der Waals surface area contributed by atoms with Gasteiger partial charge in [0.05, 0.1) is 0 Å². The van der Waals surface area contributed by atoms with Crippen molar-refractivity contribution in [2.75, 3.05) is 0 Å². The fraction of sp³-hybridized carbons (Fsp3) is 0.200. The van der Waals surface area contributed by atoms with Crippen LogP contribution in [0.3, 0.4) is 0 Å². The van der Waals surface area contributed by atoms with Crippen LogP contribution in [0.25, 0.3) is 12.2 Å². The molecule has 120 valence electrons. The van der Waals surface area contributed by atoms with Crippen LogP contribution < -0.4 is 0 Å². The molecule has 2 aliphatic carbocycles. The van der Waals surface area contributed by atoms with Gasteiger partial charge in [-0.05, 0) is 0 Å². The molecule has 2 atom stereocenters. The van der Waals surface area contributed by atoms with Crippen LogP contribution in [-0.4, -0.2) is 0 Å². The predicted molar refractivity (Wildman–Crippen MR) is 97.4 cm³/mol. The third-order valence-electron chi connectivity index (χ3n) is 4.62. The Hall–Kier alpha value is 0.266. The average Bonchev–Trinajstić information content (AvgIpc) is 3.06. The van der Waals surface area contributed by atoms with Gasteiger partial charge >= 0.3 is 176 Å². The van der Waals surface area contributed by atoms with Crippen molar-refractivity contribution in [2.24, 2.45) is 0 Å². The summed E-state index contributed by atoms with van der Waals surface area (Å²) < 4.78 is 1.48. The topological polar surface area (TPSA) is 0 Å². The van der Waals surface area contributed by atoms with Gasteiger partial charge in [0.2, 0.25) is 0 Å². The Morgan fingerprint density at radius 3 is 1.50 bits per heavy atom. The third kappa shape index (κ3) is 3.99. The molecule has 0 amide bonds. The minimum absolute atomic E-state index is 0.616. The molecule has 0 saturated carbocycles. The molecule has 0 heterocycles. The van der Waals surface area contributed by atoms with Crippen molar-refractivity contribution >= 4 is 29.2 Å². The van der Waals surface area contributed by atoms with E-state index in [9.17, 15) is 0 Å². The fourth-order valence-electron chi connectivity index (χ4n) is 3.57. The van der Waals surface area contributed by atoms with Gasteiger partial charge in [-0.15, -0.1) is 0 Å². The molecule has 0 radical (unpaired) electrons. The zero-order chi connectivity index (χ0) is 17.1. The number of rotatable bonds is 2. The van der Waals surface area contributed by atoms with Gasteiger partial charge in [-0.3, -0.25) is 0 Å². The van der Waals surface area contributed by atoms with Gasteiger partial charge in [0.15, 0.2) is 0 Å². The van der Waals surface area contributed by atoms with Gasteiger partial charge in [-0.25, -0.2) is 0 Å². The molecule has 24 heavy (non-hydrogen) atoms. The number of halogens is 2. The summed E-state index contributed by atoms with van der Waals surface area (Å²) in [6.07, 6.45) is 4.81.